The van der Waals surface area contributed by atoms with Crippen LogP contribution in [0.1, 0.15) is 20.8 Å². The van der Waals surface area contributed by atoms with Gasteiger partial charge in [0.1, 0.15) is 12.6 Å². The minimum absolute atomic E-state index is 0.157. The third-order valence-electron chi connectivity index (χ3n) is 1.36. The van der Waals surface area contributed by atoms with Gasteiger partial charge < -0.3 is 20.3 Å². The highest BCUT2D eigenvalue weighted by atomic mass is 16.6. The molecule has 0 radical (unpaired) electrons. The van der Waals surface area contributed by atoms with E-state index in [-0.39, 0.29) is 12.2 Å². The second kappa shape index (κ2) is 5.95. The van der Waals surface area contributed by atoms with Crippen LogP contribution in [0.4, 0.5) is 0 Å². The lowest BCUT2D eigenvalue weighted by atomic mass is 10.2. The van der Waals surface area contributed by atoms with Gasteiger partial charge in [0.05, 0.1) is 18.8 Å². The number of carbonyl (C=O) groups excluding carboxylic acids is 1. The van der Waals surface area contributed by atoms with Crippen molar-refractivity contribution in [3.63, 3.8) is 0 Å². The molecule has 0 aliphatic heterocycles. The minimum Gasteiger partial charge on any atom is -0.462 e. The molecule has 3 N–H and O–H groups in total. The number of hydrogen-bond donors (Lipinski definition) is 2. The second-order valence-electron chi connectivity index (χ2n) is 3.92. The van der Waals surface area contributed by atoms with Crippen LogP contribution in [0.3, 0.4) is 0 Å². The summed E-state index contributed by atoms with van der Waals surface area (Å²) in [6, 6.07) is -0.954. The predicted molar refractivity (Wildman–Crippen MR) is 51.7 cm³/mol. The fraction of sp³-hybridized carbons (Fsp3) is 0.889. The number of aliphatic hydroxyl groups is 1. The molecule has 1 atom stereocenters. The van der Waals surface area contributed by atoms with Gasteiger partial charge in [-0.2, -0.15) is 0 Å². The first kappa shape index (κ1) is 13.4. The molecule has 0 aliphatic rings. The van der Waals surface area contributed by atoms with Crippen molar-refractivity contribution in [3.8, 4) is 0 Å². The van der Waals surface area contributed by atoms with Crippen molar-refractivity contribution in [2.24, 2.45) is 5.73 Å². The van der Waals surface area contributed by atoms with Crippen molar-refractivity contribution in [1.82, 2.24) is 0 Å². The van der Waals surface area contributed by atoms with Crippen molar-refractivity contribution in [1.29, 1.82) is 0 Å². The molecule has 0 spiro atoms. The van der Waals surface area contributed by atoms with Gasteiger partial charge in [-0.05, 0) is 20.8 Å². The molecule has 0 aliphatic carbocycles. The summed E-state index contributed by atoms with van der Waals surface area (Å²) in [6.45, 7) is 5.81. The van der Waals surface area contributed by atoms with Gasteiger partial charge in [0.15, 0.2) is 0 Å². The molecule has 0 saturated carbocycles. The first-order valence-electron chi connectivity index (χ1n) is 4.54. The third kappa shape index (κ3) is 6.82. The minimum atomic E-state index is -0.954. The monoisotopic (exact) mass is 205 g/mol. The Bertz CT molecular complexity index is 176. The maximum atomic E-state index is 10.9. The van der Waals surface area contributed by atoms with Gasteiger partial charge in [-0.1, -0.05) is 0 Å². The molecule has 0 saturated heterocycles. The summed E-state index contributed by atoms with van der Waals surface area (Å²) < 4.78 is 10.1. The van der Waals surface area contributed by atoms with Crippen LogP contribution in [0.25, 0.3) is 0 Å². The molecule has 0 fully saturated rings. The van der Waals surface area contributed by atoms with E-state index in [4.69, 9.17) is 20.3 Å². The van der Waals surface area contributed by atoms with E-state index in [9.17, 15) is 4.79 Å². The average Bonchev–Trinajstić information content (AvgIpc) is 2.09. The predicted octanol–water partition coefficient (Wildman–Crippen LogP) is -0.336. The normalized spacial score (nSPS) is 13.8. The highest BCUT2D eigenvalue weighted by Gasteiger charge is 2.14. The zero-order chi connectivity index (χ0) is 11.2. The quantitative estimate of drug-likeness (QED) is 0.474. The van der Waals surface area contributed by atoms with Crippen LogP contribution in [0.15, 0.2) is 0 Å². The second-order valence-corrected chi connectivity index (χ2v) is 3.92. The summed E-state index contributed by atoms with van der Waals surface area (Å²) >= 11 is 0. The molecule has 84 valence electrons. The Morgan fingerprint density at radius 1 is 1.43 bits per heavy atom. The van der Waals surface area contributed by atoms with E-state index in [0.29, 0.717) is 6.61 Å². The van der Waals surface area contributed by atoms with Gasteiger partial charge in [0.25, 0.3) is 0 Å². The summed E-state index contributed by atoms with van der Waals surface area (Å²) in [5, 5.41) is 8.53. The van der Waals surface area contributed by atoms with Crippen LogP contribution in [0.5, 0.6) is 0 Å². The van der Waals surface area contributed by atoms with Gasteiger partial charge in [-0.25, -0.2) is 0 Å². The number of rotatable bonds is 5. The summed E-state index contributed by atoms with van der Waals surface area (Å²) in [6.07, 6.45) is 0. The number of ether oxygens (including phenoxy) is 2. The lowest BCUT2D eigenvalue weighted by Crippen LogP contribution is -2.36. The highest BCUT2D eigenvalue weighted by molar-refractivity contribution is 5.75. The van der Waals surface area contributed by atoms with E-state index in [1.165, 1.54) is 0 Å². The molecule has 0 aromatic carbocycles. The Kier molecular flexibility index (Phi) is 5.68. The van der Waals surface area contributed by atoms with Crippen LogP contribution in [0, 0.1) is 0 Å². The molecule has 0 rings (SSSR count). The molecular weight excluding hydrogens is 186 g/mol. The zero-order valence-electron chi connectivity index (χ0n) is 8.95. The van der Waals surface area contributed by atoms with Gasteiger partial charge in [0.2, 0.25) is 0 Å². The van der Waals surface area contributed by atoms with Crippen LogP contribution >= 0.6 is 0 Å². The molecule has 5 nitrogen and oxygen atoms in total. The molecule has 0 aromatic rings. The molecular formula is C9H19NO4. The van der Waals surface area contributed by atoms with Gasteiger partial charge in [-0.3, -0.25) is 4.79 Å². The Hall–Kier alpha value is -0.650. The van der Waals surface area contributed by atoms with Crippen molar-refractivity contribution in [2.45, 2.75) is 32.4 Å². The van der Waals surface area contributed by atoms with Crippen LogP contribution in [-0.4, -0.2) is 42.5 Å². The summed E-state index contributed by atoms with van der Waals surface area (Å²) in [7, 11) is 0. The van der Waals surface area contributed by atoms with Crippen molar-refractivity contribution in [2.75, 3.05) is 19.8 Å². The summed E-state index contributed by atoms with van der Waals surface area (Å²) in [5.41, 5.74) is 4.97. The maximum Gasteiger partial charge on any atom is 0.325 e. The number of nitrogens with two attached hydrogens (primary N) is 1. The van der Waals surface area contributed by atoms with Gasteiger partial charge >= 0.3 is 5.97 Å². The van der Waals surface area contributed by atoms with Crippen LogP contribution in [-0.2, 0) is 14.3 Å². The first-order chi connectivity index (χ1) is 6.37. The van der Waals surface area contributed by atoms with Crippen LogP contribution in [0.2, 0.25) is 0 Å². The lowest BCUT2D eigenvalue weighted by Gasteiger charge is -2.19. The first-order valence-corrected chi connectivity index (χ1v) is 4.54. The lowest BCUT2D eigenvalue weighted by molar-refractivity contribution is -0.149. The van der Waals surface area contributed by atoms with E-state index in [1.807, 2.05) is 20.8 Å². The molecule has 14 heavy (non-hydrogen) atoms. The van der Waals surface area contributed by atoms with Gasteiger partial charge in [0, 0.05) is 0 Å². The molecule has 0 heterocycles. The highest BCUT2D eigenvalue weighted by Crippen LogP contribution is 2.05. The van der Waals surface area contributed by atoms with Crippen molar-refractivity contribution >= 4 is 5.97 Å². The summed E-state index contributed by atoms with van der Waals surface area (Å²) in [5.74, 6) is -0.606. The van der Waals surface area contributed by atoms with Crippen molar-refractivity contribution < 1.29 is 19.4 Å². The molecule has 0 amide bonds. The topological polar surface area (TPSA) is 81.8 Å². The van der Waals surface area contributed by atoms with Gasteiger partial charge in [-0.15, -0.1) is 0 Å². The molecule has 1 unspecified atom stereocenters. The third-order valence-corrected chi connectivity index (χ3v) is 1.36. The van der Waals surface area contributed by atoms with E-state index in [1.54, 1.807) is 0 Å². The number of aliphatic hydroxyl groups excluding tert-OH is 1. The van der Waals surface area contributed by atoms with Crippen LogP contribution < -0.4 is 5.73 Å². The molecule has 0 bridgehead atoms. The largest absolute Gasteiger partial charge is 0.462 e. The van der Waals surface area contributed by atoms with Crippen molar-refractivity contribution in [3.05, 3.63) is 0 Å². The number of hydrogen-bond acceptors (Lipinski definition) is 5. The van der Waals surface area contributed by atoms with E-state index in [0.717, 1.165) is 0 Å². The van der Waals surface area contributed by atoms with E-state index in [2.05, 4.69) is 0 Å². The number of carbonyl (C=O) groups is 1. The molecule has 5 heteroatoms. The maximum absolute atomic E-state index is 10.9. The Morgan fingerprint density at radius 2 is 2.00 bits per heavy atom. The summed E-state index contributed by atoms with van der Waals surface area (Å²) in [4.78, 5) is 10.9. The fourth-order valence-electron chi connectivity index (χ4n) is 0.672. The Balaban J connectivity index is 3.51. The Morgan fingerprint density at radius 3 is 2.43 bits per heavy atom. The molecule has 0 aromatic heterocycles. The smallest absolute Gasteiger partial charge is 0.325 e. The Labute approximate surface area is 84.2 Å². The average molecular weight is 205 g/mol. The zero-order valence-corrected chi connectivity index (χ0v) is 8.95. The van der Waals surface area contributed by atoms with E-state index >= 15 is 0 Å². The SMILES string of the molecule is CC(C)(C)OCCOC(=O)C(N)CO. The van der Waals surface area contributed by atoms with E-state index < -0.39 is 18.6 Å². The standard InChI is InChI=1S/C9H19NO4/c1-9(2,3)14-5-4-13-8(12)7(10)6-11/h7,11H,4-6,10H2,1-3H3. The fourth-order valence-corrected chi connectivity index (χ4v) is 0.672. The number of esters is 1.